The van der Waals surface area contributed by atoms with Gasteiger partial charge < -0.3 is 4.74 Å². The van der Waals surface area contributed by atoms with Crippen molar-refractivity contribution in [2.45, 2.75) is 58.2 Å². The molecule has 0 saturated heterocycles. The molecule has 6 nitrogen and oxygen atoms in total. The first-order valence-corrected chi connectivity index (χ1v) is 9.08. The number of aromatic nitrogens is 2. The van der Waals surface area contributed by atoms with Crippen molar-refractivity contribution in [2.75, 3.05) is 12.9 Å². The van der Waals surface area contributed by atoms with Gasteiger partial charge in [0.15, 0.2) is 0 Å². The lowest BCUT2D eigenvalue weighted by atomic mass is 9.94. The van der Waals surface area contributed by atoms with Crippen molar-refractivity contribution >= 4 is 10.0 Å². The fraction of sp³-hybridized carbons (Fsp3) is 0.786. The number of hydrogen-bond acceptors (Lipinski definition) is 4. The first-order chi connectivity index (χ1) is 9.84. The lowest BCUT2D eigenvalue weighted by Crippen LogP contribution is -2.37. The maximum atomic E-state index is 12.3. The molecule has 0 spiro atoms. The summed E-state index contributed by atoms with van der Waals surface area (Å²) in [7, 11) is -1.85. The molecule has 2 rings (SSSR count). The molecule has 0 radical (unpaired) electrons. The molecule has 1 aliphatic rings. The Kier molecular flexibility index (Phi) is 5.06. The summed E-state index contributed by atoms with van der Waals surface area (Å²) < 4.78 is 34.3. The first-order valence-electron chi connectivity index (χ1n) is 7.43. The van der Waals surface area contributed by atoms with Crippen LogP contribution < -0.4 is 4.72 Å². The van der Waals surface area contributed by atoms with Crippen LogP contribution in [0.4, 0.5) is 0 Å². The van der Waals surface area contributed by atoms with Crippen molar-refractivity contribution in [3.8, 4) is 0 Å². The first kappa shape index (κ1) is 16.5. The van der Waals surface area contributed by atoms with Gasteiger partial charge in [0.1, 0.15) is 0 Å². The van der Waals surface area contributed by atoms with E-state index in [1.807, 2.05) is 10.9 Å². The molecule has 2 atom stereocenters. The van der Waals surface area contributed by atoms with E-state index in [2.05, 4.69) is 23.7 Å². The summed E-state index contributed by atoms with van der Waals surface area (Å²) in [5, 5.41) is 4.41. The molecule has 21 heavy (non-hydrogen) atoms. The molecule has 0 saturated carbocycles. The standard InChI is InChI=1S/C14H25N3O3S/c1-10(2)17-14-12(8-15-17)6-5-7-13(14)16-21(18,19)9-11(3)20-4/h8,10-11,13,16H,5-7,9H2,1-4H3/t11-,13-/m0/s1. The van der Waals surface area contributed by atoms with Crippen molar-refractivity contribution in [1.29, 1.82) is 0 Å². The van der Waals surface area contributed by atoms with Crippen molar-refractivity contribution in [3.63, 3.8) is 0 Å². The molecule has 1 N–H and O–H groups in total. The Morgan fingerprint density at radius 2 is 2.19 bits per heavy atom. The second kappa shape index (κ2) is 6.46. The summed E-state index contributed by atoms with van der Waals surface area (Å²) in [5.41, 5.74) is 2.17. The fourth-order valence-electron chi connectivity index (χ4n) is 2.78. The third-order valence-corrected chi connectivity index (χ3v) is 5.40. The van der Waals surface area contributed by atoms with E-state index < -0.39 is 10.0 Å². The third-order valence-electron chi connectivity index (χ3n) is 3.85. The zero-order valence-electron chi connectivity index (χ0n) is 13.2. The van der Waals surface area contributed by atoms with Crippen molar-refractivity contribution in [2.24, 2.45) is 0 Å². The Morgan fingerprint density at radius 3 is 2.81 bits per heavy atom. The van der Waals surface area contributed by atoms with E-state index in [0.717, 1.165) is 30.5 Å². The smallest absolute Gasteiger partial charge is 0.214 e. The maximum absolute atomic E-state index is 12.3. The molecule has 1 heterocycles. The van der Waals surface area contributed by atoms with Crippen molar-refractivity contribution < 1.29 is 13.2 Å². The Labute approximate surface area is 126 Å². The average Bonchev–Trinajstić information content (AvgIpc) is 2.82. The Balaban J connectivity index is 2.22. The van der Waals surface area contributed by atoms with Gasteiger partial charge in [-0.1, -0.05) is 0 Å². The molecular formula is C14H25N3O3S. The molecule has 120 valence electrons. The number of nitrogens with one attached hydrogen (secondary N) is 1. The number of nitrogens with zero attached hydrogens (tertiary/aromatic N) is 2. The van der Waals surface area contributed by atoms with Crippen LogP contribution in [0.5, 0.6) is 0 Å². The van der Waals surface area contributed by atoms with Crippen molar-refractivity contribution in [3.05, 3.63) is 17.5 Å². The summed E-state index contributed by atoms with van der Waals surface area (Å²) in [4.78, 5) is 0. The SMILES string of the molecule is CO[C@@H](C)CS(=O)(=O)N[C@H]1CCCc2cnn(C(C)C)c21. The highest BCUT2D eigenvalue weighted by Crippen LogP contribution is 2.31. The van der Waals surface area contributed by atoms with E-state index in [0.29, 0.717) is 0 Å². The van der Waals surface area contributed by atoms with Crippen LogP contribution in [0.25, 0.3) is 0 Å². The minimum Gasteiger partial charge on any atom is -0.381 e. The van der Waals surface area contributed by atoms with Gasteiger partial charge >= 0.3 is 0 Å². The number of rotatable bonds is 6. The molecule has 7 heteroatoms. The van der Waals surface area contributed by atoms with Crippen LogP contribution in [-0.2, 0) is 21.2 Å². The minimum atomic E-state index is -3.37. The number of ether oxygens (including phenoxy) is 1. The highest BCUT2D eigenvalue weighted by molar-refractivity contribution is 7.89. The van der Waals surface area contributed by atoms with E-state index in [-0.39, 0.29) is 23.9 Å². The van der Waals surface area contributed by atoms with Crippen LogP contribution in [0.2, 0.25) is 0 Å². The molecule has 1 aromatic rings. The van der Waals surface area contributed by atoms with Gasteiger partial charge in [0, 0.05) is 13.2 Å². The van der Waals surface area contributed by atoms with Gasteiger partial charge in [0.05, 0.1) is 29.8 Å². The second-order valence-electron chi connectivity index (χ2n) is 5.98. The summed E-state index contributed by atoms with van der Waals surface area (Å²) in [5.74, 6) is -0.0227. The Bertz CT molecular complexity index is 580. The van der Waals surface area contributed by atoms with Gasteiger partial charge in [-0.3, -0.25) is 4.68 Å². The summed E-state index contributed by atoms with van der Waals surface area (Å²) in [6, 6.07) is 0.0319. The molecular weight excluding hydrogens is 290 g/mol. The van der Waals surface area contributed by atoms with Gasteiger partial charge in [-0.15, -0.1) is 0 Å². The van der Waals surface area contributed by atoms with Crippen LogP contribution in [0.15, 0.2) is 6.20 Å². The summed E-state index contributed by atoms with van der Waals surface area (Å²) in [6.45, 7) is 5.87. The normalized spacial score (nSPS) is 20.5. The topological polar surface area (TPSA) is 73.2 Å². The fourth-order valence-corrected chi connectivity index (χ4v) is 4.30. The van der Waals surface area contributed by atoms with Gasteiger partial charge in [0.25, 0.3) is 0 Å². The van der Waals surface area contributed by atoms with Crippen LogP contribution in [0, 0.1) is 0 Å². The monoisotopic (exact) mass is 315 g/mol. The zero-order valence-corrected chi connectivity index (χ0v) is 14.0. The van der Waals surface area contributed by atoms with Crippen molar-refractivity contribution in [1.82, 2.24) is 14.5 Å². The minimum absolute atomic E-state index is 0.0227. The number of fused-ring (bicyclic) bond motifs is 1. The highest BCUT2D eigenvalue weighted by atomic mass is 32.2. The van der Waals surface area contributed by atoms with Gasteiger partial charge in [-0.2, -0.15) is 5.10 Å². The van der Waals surface area contributed by atoms with Gasteiger partial charge in [0.2, 0.25) is 10.0 Å². The molecule has 0 aliphatic heterocycles. The number of hydrogen-bond donors (Lipinski definition) is 1. The quantitative estimate of drug-likeness (QED) is 0.868. The van der Waals surface area contributed by atoms with Crippen LogP contribution in [0.1, 0.15) is 57.0 Å². The molecule has 0 unspecified atom stereocenters. The van der Waals surface area contributed by atoms with Crippen LogP contribution in [0.3, 0.4) is 0 Å². The maximum Gasteiger partial charge on any atom is 0.214 e. The lowest BCUT2D eigenvalue weighted by Gasteiger charge is -2.26. The molecule has 0 amide bonds. The van der Waals surface area contributed by atoms with E-state index in [1.165, 1.54) is 7.11 Å². The van der Waals surface area contributed by atoms with Crippen LogP contribution in [-0.4, -0.2) is 37.2 Å². The van der Waals surface area contributed by atoms with Gasteiger partial charge in [-0.25, -0.2) is 13.1 Å². The summed E-state index contributed by atoms with van der Waals surface area (Å²) >= 11 is 0. The van der Waals surface area contributed by atoms with E-state index >= 15 is 0 Å². The van der Waals surface area contributed by atoms with E-state index in [4.69, 9.17) is 4.74 Å². The lowest BCUT2D eigenvalue weighted by molar-refractivity contribution is 0.136. The predicted molar refractivity (Wildman–Crippen MR) is 81.7 cm³/mol. The molecule has 1 aliphatic carbocycles. The second-order valence-corrected chi connectivity index (χ2v) is 7.78. The largest absolute Gasteiger partial charge is 0.381 e. The molecule has 0 bridgehead atoms. The molecule has 0 fully saturated rings. The number of aryl methyl sites for hydroxylation is 1. The van der Waals surface area contributed by atoms with E-state index in [1.54, 1.807) is 6.92 Å². The third kappa shape index (κ3) is 3.84. The van der Waals surface area contributed by atoms with Gasteiger partial charge in [-0.05, 0) is 45.6 Å². The Hall–Kier alpha value is -0.920. The predicted octanol–water partition coefficient (Wildman–Crippen LogP) is 1.80. The van der Waals surface area contributed by atoms with E-state index in [9.17, 15) is 8.42 Å². The number of methoxy groups -OCH3 is 1. The summed E-state index contributed by atoms with van der Waals surface area (Å²) in [6.07, 6.45) is 4.30. The molecule has 1 aromatic heterocycles. The number of sulfonamides is 1. The zero-order chi connectivity index (χ0) is 15.6. The average molecular weight is 315 g/mol. The Morgan fingerprint density at radius 1 is 1.48 bits per heavy atom. The highest BCUT2D eigenvalue weighted by Gasteiger charge is 2.29. The van der Waals surface area contributed by atoms with Crippen LogP contribution >= 0.6 is 0 Å². The molecule has 0 aromatic carbocycles.